The third-order valence-electron chi connectivity index (χ3n) is 3.69. The number of hydrogen-bond donors (Lipinski definition) is 1. The summed E-state index contributed by atoms with van der Waals surface area (Å²) in [6.07, 6.45) is 7.68. The van der Waals surface area contributed by atoms with Crippen LogP contribution in [0.4, 0.5) is 0 Å². The summed E-state index contributed by atoms with van der Waals surface area (Å²) in [6, 6.07) is 16.6. The molecular formula is C20H22O2. The molecule has 0 saturated carbocycles. The molecule has 2 heteroatoms. The smallest absolute Gasteiger partial charge is 0.328 e. The van der Waals surface area contributed by atoms with E-state index in [1.54, 1.807) is 6.08 Å². The molecule has 0 atom stereocenters. The van der Waals surface area contributed by atoms with E-state index >= 15 is 0 Å². The van der Waals surface area contributed by atoms with Crippen molar-refractivity contribution in [1.82, 2.24) is 0 Å². The zero-order chi connectivity index (χ0) is 15.8. The van der Waals surface area contributed by atoms with Crippen molar-refractivity contribution in [3.05, 3.63) is 65.7 Å². The summed E-state index contributed by atoms with van der Waals surface area (Å²) in [6.45, 7) is 2.22. The SMILES string of the molecule is CCCCCc1ccc(-c2ccc(/C=C/C(=O)O)cc2)cc1. The first-order valence-corrected chi connectivity index (χ1v) is 7.79. The highest BCUT2D eigenvalue weighted by Gasteiger charge is 1.99. The molecule has 22 heavy (non-hydrogen) atoms. The van der Waals surface area contributed by atoms with Gasteiger partial charge in [0.25, 0.3) is 0 Å². The Morgan fingerprint density at radius 3 is 2.09 bits per heavy atom. The maximum absolute atomic E-state index is 10.5. The van der Waals surface area contributed by atoms with Crippen LogP contribution < -0.4 is 0 Å². The third kappa shape index (κ3) is 4.88. The molecule has 0 radical (unpaired) electrons. The predicted molar refractivity (Wildman–Crippen MR) is 91.8 cm³/mol. The number of aryl methyl sites for hydroxylation is 1. The van der Waals surface area contributed by atoms with Crippen molar-refractivity contribution in [3.8, 4) is 11.1 Å². The molecule has 0 bridgehead atoms. The van der Waals surface area contributed by atoms with E-state index in [1.807, 2.05) is 24.3 Å². The highest BCUT2D eigenvalue weighted by Crippen LogP contribution is 2.21. The van der Waals surface area contributed by atoms with Gasteiger partial charge in [-0.05, 0) is 41.2 Å². The lowest BCUT2D eigenvalue weighted by Gasteiger charge is -2.05. The van der Waals surface area contributed by atoms with Crippen LogP contribution in [0, 0.1) is 0 Å². The molecule has 0 aliphatic carbocycles. The van der Waals surface area contributed by atoms with Crippen LogP contribution in [0.3, 0.4) is 0 Å². The van der Waals surface area contributed by atoms with Crippen LogP contribution in [0.25, 0.3) is 17.2 Å². The first-order valence-electron chi connectivity index (χ1n) is 7.79. The molecular weight excluding hydrogens is 272 g/mol. The lowest BCUT2D eigenvalue weighted by molar-refractivity contribution is -0.131. The van der Waals surface area contributed by atoms with Crippen molar-refractivity contribution >= 4 is 12.0 Å². The normalized spacial score (nSPS) is 11.0. The summed E-state index contributed by atoms with van der Waals surface area (Å²) in [5.74, 6) is -0.928. The van der Waals surface area contributed by atoms with Gasteiger partial charge in [0.15, 0.2) is 0 Å². The molecule has 114 valence electrons. The molecule has 0 aromatic heterocycles. The van der Waals surface area contributed by atoms with Crippen molar-refractivity contribution in [2.75, 3.05) is 0 Å². The van der Waals surface area contributed by atoms with Crippen molar-refractivity contribution in [2.45, 2.75) is 32.6 Å². The molecule has 0 fully saturated rings. The summed E-state index contributed by atoms with van der Waals surface area (Å²) in [4.78, 5) is 10.5. The van der Waals surface area contributed by atoms with Crippen LogP contribution in [-0.2, 0) is 11.2 Å². The van der Waals surface area contributed by atoms with Crippen molar-refractivity contribution < 1.29 is 9.90 Å². The summed E-state index contributed by atoms with van der Waals surface area (Å²) in [5.41, 5.74) is 4.61. The second-order valence-electron chi connectivity index (χ2n) is 5.45. The van der Waals surface area contributed by atoms with Gasteiger partial charge in [-0.2, -0.15) is 0 Å². The van der Waals surface area contributed by atoms with Crippen LogP contribution in [-0.4, -0.2) is 11.1 Å². The molecule has 2 aromatic rings. The number of rotatable bonds is 7. The summed E-state index contributed by atoms with van der Waals surface area (Å²) < 4.78 is 0. The molecule has 1 N–H and O–H groups in total. The second-order valence-corrected chi connectivity index (χ2v) is 5.45. The van der Waals surface area contributed by atoms with Gasteiger partial charge < -0.3 is 5.11 Å². The number of unbranched alkanes of at least 4 members (excludes halogenated alkanes) is 2. The minimum absolute atomic E-state index is 0.891. The predicted octanol–water partition coefficient (Wildman–Crippen LogP) is 5.18. The van der Waals surface area contributed by atoms with Gasteiger partial charge in [-0.3, -0.25) is 0 Å². The molecule has 0 heterocycles. The van der Waals surface area contributed by atoms with Crippen LogP contribution in [0.15, 0.2) is 54.6 Å². The van der Waals surface area contributed by atoms with Crippen molar-refractivity contribution in [2.24, 2.45) is 0 Å². The Balaban J connectivity index is 2.03. The molecule has 0 aliphatic rings. The van der Waals surface area contributed by atoms with E-state index in [9.17, 15) is 4.79 Å². The molecule has 0 spiro atoms. The summed E-state index contributed by atoms with van der Waals surface area (Å²) in [5, 5.41) is 8.62. The van der Waals surface area contributed by atoms with Gasteiger partial charge in [0.05, 0.1) is 0 Å². The summed E-state index contributed by atoms with van der Waals surface area (Å²) >= 11 is 0. The molecule has 2 aromatic carbocycles. The number of carbonyl (C=O) groups is 1. The Morgan fingerprint density at radius 2 is 1.55 bits per heavy atom. The Labute approximate surface area is 132 Å². The van der Waals surface area contributed by atoms with E-state index in [1.165, 1.54) is 30.4 Å². The highest BCUT2D eigenvalue weighted by molar-refractivity contribution is 5.85. The van der Waals surface area contributed by atoms with Gasteiger partial charge in [-0.1, -0.05) is 68.3 Å². The van der Waals surface area contributed by atoms with E-state index < -0.39 is 5.97 Å². The van der Waals surface area contributed by atoms with Gasteiger partial charge in [0.2, 0.25) is 0 Å². The fourth-order valence-electron chi connectivity index (χ4n) is 2.40. The van der Waals surface area contributed by atoms with Crippen LogP contribution in [0.2, 0.25) is 0 Å². The largest absolute Gasteiger partial charge is 0.478 e. The van der Waals surface area contributed by atoms with Gasteiger partial charge in [0.1, 0.15) is 0 Å². The van der Waals surface area contributed by atoms with Crippen molar-refractivity contribution in [1.29, 1.82) is 0 Å². The first-order chi connectivity index (χ1) is 10.7. The van der Waals surface area contributed by atoms with E-state index in [4.69, 9.17) is 5.11 Å². The topological polar surface area (TPSA) is 37.3 Å². The fourth-order valence-corrected chi connectivity index (χ4v) is 2.40. The molecule has 0 amide bonds. The van der Waals surface area contributed by atoms with Gasteiger partial charge in [0, 0.05) is 6.08 Å². The minimum Gasteiger partial charge on any atom is -0.478 e. The minimum atomic E-state index is -0.928. The maximum atomic E-state index is 10.5. The maximum Gasteiger partial charge on any atom is 0.328 e. The zero-order valence-corrected chi connectivity index (χ0v) is 13.0. The van der Waals surface area contributed by atoms with E-state index in [0.29, 0.717) is 0 Å². The highest BCUT2D eigenvalue weighted by atomic mass is 16.4. The zero-order valence-electron chi connectivity index (χ0n) is 13.0. The number of hydrogen-bond acceptors (Lipinski definition) is 1. The lowest BCUT2D eigenvalue weighted by Crippen LogP contribution is -1.87. The number of aliphatic carboxylic acids is 1. The second kappa shape index (κ2) is 8.18. The number of carboxylic acid groups (broad SMARTS) is 1. The first kappa shape index (κ1) is 16.0. The molecule has 0 aliphatic heterocycles. The number of benzene rings is 2. The molecule has 0 unspecified atom stereocenters. The van der Waals surface area contributed by atoms with E-state index in [-0.39, 0.29) is 0 Å². The van der Waals surface area contributed by atoms with E-state index in [2.05, 4.69) is 31.2 Å². The van der Waals surface area contributed by atoms with Gasteiger partial charge >= 0.3 is 5.97 Å². The quantitative estimate of drug-likeness (QED) is 0.564. The fraction of sp³-hybridized carbons (Fsp3) is 0.250. The van der Waals surface area contributed by atoms with Gasteiger partial charge in [-0.25, -0.2) is 4.79 Å². The van der Waals surface area contributed by atoms with Crippen molar-refractivity contribution in [3.63, 3.8) is 0 Å². The monoisotopic (exact) mass is 294 g/mol. The Bertz CT molecular complexity index is 622. The average molecular weight is 294 g/mol. The Morgan fingerprint density at radius 1 is 0.955 bits per heavy atom. The lowest BCUT2D eigenvalue weighted by atomic mass is 10.0. The Hall–Kier alpha value is -2.35. The third-order valence-corrected chi connectivity index (χ3v) is 3.69. The molecule has 2 rings (SSSR count). The Kier molecular flexibility index (Phi) is 5.96. The summed E-state index contributed by atoms with van der Waals surface area (Å²) in [7, 11) is 0. The standard InChI is InChI=1S/C20H22O2/c1-2-3-4-5-16-6-11-18(12-7-16)19-13-8-17(9-14-19)10-15-20(21)22/h6-15H,2-5H2,1H3,(H,21,22)/b15-10+. The van der Waals surface area contributed by atoms with Crippen LogP contribution in [0.1, 0.15) is 37.3 Å². The number of carboxylic acids is 1. The van der Waals surface area contributed by atoms with Gasteiger partial charge in [-0.15, -0.1) is 0 Å². The molecule has 0 saturated heterocycles. The van der Waals surface area contributed by atoms with Crippen LogP contribution >= 0.6 is 0 Å². The molecule has 2 nitrogen and oxygen atoms in total. The van der Waals surface area contributed by atoms with E-state index in [0.717, 1.165) is 23.6 Å². The van der Waals surface area contributed by atoms with Crippen LogP contribution in [0.5, 0.6) is 0 Å². The average Bonchev–Trinajstić information content (AvgIpc) is 2.54.